The van der Waals surface area contributed by atoms with E-state index in [0.29, 0.717) is 17.5 Å². The van der Waals surface area contributed by atoms with Crippen molar-refractivity contribution in [3.05, 3.63) is 188 Å². The van der Waals surface area contributed by atoms with Gasteiger partial charge in [0.05, 0.1) is 27.6 Å². The standard InChI is InChI=1S/C51H31N5O/c1-4-15-32(16-5-1)49-52-50(33-17-6-2-7-18-33)54-51(53-49)39-24-14-23-36-40-31-35(27-30-45(40)57-48(36)39)56-42-26-13-11-22-38(42)47-44(56)29-28-43-46(47)37-21-10-12-25-41(37)55(43)34-19-8-3-9-20-34/h1-31H. The van der Waals surface area contributed by atoms with Gasteiger partial charge < -0.3 is 13.6 Å². The summed E-state index contributed by atoms with van der Waals surface area (Å²) in [5.74, 6) is 1.79. The second-order valence-corrected chi connectivity index (χ2v) is 14.4. The topological polar surface area (TPSA) is 61.7 Å². The summed E-state index contributed by atoms with van der Waals surface area (Å²) in [6, 6.07) is 65.5. The van der Waals surface area contributed by atoms with Gasteiger partial charge in [-0.15, -0.1) is 0 Å². The van der Waals surface area contributed by atoms with Crippen molar-refractivity contribution in [2.24, 2.45) is 0 Å². The smallest absolute Gasteiger partial charge is 0.167 e. The first-order chi connectivity index (χ1) is 28.3. The maximum absolute atomic E-state index is 6.71. The summed E-state index contributed by atoms with van der Waals surface area (Å²) < 4.78 is 11.5. The molecule has 57 heavy (non-hydrogen) atoms. The van der Waals surface area contributed by atoms with Crippen molar-refractivity contribution in [3.63, 3.8) is 0 Å². The van der Waals surface area contributed by atoms with E-state index in [1.165, 1.54) is 32.6 Å². The van der Waals surface area contributed by atoms with E-state index in [0.717, 1.165) is 61.0 Å². The van der Waals surface area contributed by atoms with Crippen LogP contribution in [0, 0.1) is 0 Å². The number of furan rings is 1. The number of hydrogen-bond acceptors (Lipinski definition) is 4. The minimum atomic E-state index is 0.564. The average Bonchev–Trinajstić information content (AvgIpc) is 3.94. The van der Waals surface area contributed by atoms with Crippen molar-refractivity contribution < 1.29 is 4.42 Å². The number of hydrogen-bond donors (Lipinski definition) is 0. The lowest BCUT2D eigenvalue weighted by Crippen LogP contribution is -2.00. The Morgan fingerprint density at radius 3 is 1.47 bits per heavy atom. The molecule has 266 valence electrons. The molecule has 0 spiro atoms. The first-order valence-electron chi connectivity index (χ1n) is 19.1. The Labute approximate surface area is 326 Å². The molecule has 4 heterocycles. The van der Waals surface area contributed by atoms with Crippen LogP contribution in [-0.2, 0) is 0 Å². The van der Waals surface area contributed by atoms with Gasteiger partial charge in [0.15, 0.2) is 17.5 Å². The van der Waals surface area contributed by atoms with E-state index in [9.17, 15) is 0 Å². The van der Waals surface area contributed by atoms with E-state index in [2.05, 4.69) is 130 Å². The van der Waals surface area contributed by atoms with Crippen LogP contribution < -0.4 is 0 Å². The Balaban J connectivity index is 1.08. The van der Waals surface area contributed by atoms with E-state index in [1.54, 1.807) is 0 Å². The van der Waals surface area contributed by atoms with Gasteiger partial charge >= 0.3 is 0 Å². The first kappa shape index (κ1) is 31.5. The molecule has 0 N–H and O–H groups in total. The molecule has 0 radical (unpaired) electrons. The van der Waals surface area contributed by atoms with Gasteiger partial charge in [-0.3, -0.25) is 0 Å². The third kappa shape index (κ3) is 4.81. The molecule has 0 aliphatic rings. The van der Waals surface area contributed by atoms with Gasteiger partial charge in [0.25, 0.3) is 0 Å². The molecule has 12 rings (SSSR count). The highest BCUT2D eigenvalue weighted by atomic mass is 16.3. The van der Waals surface area contributed by atoms with Gasteiger partial charge in [0.1, 0.15) is 11.2 Å². The van der Waals surface area contributed by atoms with Gasteiger partial charge in [-0.25, -0.2) is 15.0 Å². The highest BCUT2D eigenvalue weighted by Gasteiger charge is 2.22. The minimum absolute atomic E-state index is 0.564. The second kappa shape index (κ2) is 12.3. The Bertz CT molecular complexity index is 3450. The molecule has 0 unspecified atom stereocenters. The van der Waals surface area contributed by atoms with Crippen molar-refractivity contribution in [1.82, 2.24) is 24.1 Å². The summed E-state index contributed by atoms with van der Waals surface area (Å²) >= 11 is 0. The molecule has 4 aromatic heterocycles. The third-order valence-electron chi connectivity index (χ3n) is 11.2. The number of aromatic nitrogens is 5. The van der Waals surface area contributed by atoms with E-state index in [4.69, 9.17) is 19.4 Å². The highest BCUT2D eigenvalue weighted by Crippen LogP contribution is 2.43. The van der Waals surface area contributed by atoms with Crippen LogP contribution in [0.15, 0.2) is 192 Å². The Hall–Kier alpha value is -7.83. The molecule has 0 bridgehead atoms. The number of para-hydroxylation sites is 4. The Kier molecular flexibility index (Phi) is 6.83. The normalized spacial score (nSPS) is 11.9. The molecule has 0 atom stereocenters. The van der Waals surface area contributed by atoms with Crippen LogP contribution >= 0.6 is 0 Å². The summed E-state index contributed by atoms with van der Waals surface area (Å²) in [6.07, 6.45) is 0. The van der Waals surface area contributed by atoms with Crippen LogP contribution in [0.5, 0.6) is 0 Å². The predicted molar refractivity (Wildman–Crippen MR) is 232 cm³/mol. The lowest BCUT2D eigenvalue weighted by Gasteiger charge is -2.09. The molecule has 6 heteroatoms. The highest BCUT2D eigenvalue weighted by molar-refractivity contribution is 6.29. The fourth-order valence-corrected chi connectivity index (χ4v) is 8.68. The number of rotatable bonds is 5. The van der Waals surface area contributed by atoms with Crippen molar-refractivity contribution >= 4 is 65.6 Å². The molecule has 0 aliphatic carbocycles. The second-order valence-electron chi connectivity index (χ2n) is 14.4. The molecule has 0 saturated heterocycles. The van der Waals surface area contributed by atoms with Crippen LogP contribution in [0.25, 0.3) is 111 Å². The van der Waals surface area contributed by atoms with Gasteiger partial charge in [-0.1, -0.05) is 127 Å². The number of benzene rings is 8. The predicted octanol–water partition coefficient (Wildman–Crippen LogP) is 13.0. The lowest BCUT2D eigenvalue weighted by molar-refractivity contribution is 0.669. The van der Waals surface area contributed by atoms with Gasteiger partial charge in [0, 0.05) is 54.8 Å². The number of nitrogens with zero attached hydrogens (tertiary/aromatic N) is 5. The number of fused-ring (bicyclic) bond motifs is 10. The minimum Gasteiger partial charge on any atom is -0.455 e. The van der Waals surface area contributed by atoms with Crippen LogP contribution in [0.3, 0.4) is 0 Å². The van der Waals surface area contributed by atoms with E-state index >= 15 is 0 Å². The largest absolute Gasteiger partial charge is 0.455 e. The molecule has 12 aromatic rings. The van der Waals surface area contributed by atoms with E-state index in [-0.39, 0.29) is 0 Å². The summed E-state index contributed by atoms with van der Waals surface area (Å²) in [6.45, 7) is 0. The van der Waals surface area contributed by atoms with Crippen LogP contribution in [0.2, 0.25) is 0 Å². The van der Waals surface area contributed by atoms with Crippen LogP contribution in [0.4, 0.5) is 0 Å². The van der Waals surface area contributed by atoms with E-state index < -0.39 is 0 Å². The zero-order valence-corrected chi connectivity index (χ0v) is 30.5. The zero-order valence-electron chi connectivity index (χ0n) is 30.5. The van der Waals surface area contributed by atoms with Crippen molar-refractivity contribution in [1.29, 1.82) is 0 Å². The zero-order chi connectivity index (χ0) is 37.5. The van der Waals surface area contributed by atoms with Gasteiger partial charge in [-0.2, -0.15) is 0 Å². The average molecular weight is 730 g/mol. The van der Waals surface area contributed by atoms with Crippen molar-refractivity contribution in [3.8, 4) is 45.5 Å². The summed E-state index contributed by atoms with van der Waals surface area (Å²) in [4.78, 5) is 15.0. The monoisotopic (exact) mass is 729 g/mol. The molecular formula is C51H31N5O. The SMILES string of the molecule is c1ccc(-c2nc(-c3ccccc3)nc(-c3cccc4c3oc3ccc(-n5c6ccccc6c6c7c8ccccc8n(-c8ccccc8)c7ccc65)cc34)n2)cc1. The van der Waals surface area contributed by atoms with Gasteiger partial charge in [-0.05, 0) is 60.7 Å². The Morgan fingerprint density at radius 1 is 0.351 bits per heavy atom. The first-order valence-corrected chi connectivity index (χ1v) is 19.1. The quantitative estimate of drug-likeness (QED) is 0.177. The Morgan fingerprint density at radius 2 is 0.860 bits per heavy atom. The molecule has 0 saturated carbocycles. The van der Waals surface area contributed by atoms with Crippen molar-refractivity contribution in [2.75, 3.05) is 0 Å². The van der Waals surface area contributed by atoms with Crippen LogP contribution in [-0.4, -0.2) is 24.1 Å². The molecule has 0 aliphatic heterocycles. The maximum Gasteiger partial charge on any atom is 0.167 e. The summed E-state index contributed by atoms with van der Waals surface area (Å²) in [5, 5.41) is 6.97. The van der Waals surface area contributed by atoms with Gasteiger partial charge in [0.2, 0.25) is 0 Å². The summed E-state index contributed by atoms with van der Waals surface area (Å²) in [5.41, 5.74) is 11.1. The lowest BCUT2D eigenvalue weighted by atomic mass is 10.1. The maximum atomic E-state index is 6.71. The molecule has 8 aromatic carbocycles. The molecule has 0 fully saturated rings. The fraction of sp³-hybridized carbons (Fsp3) is 0. The molecular weight excluding hydrogens is 699 g/mol. The van der Waals surface area contributed by atoms with Crippen molar-refractivity contribution in [2.45, 2.75) is 0 Å². The molecule has 0 amide bonds. The summed E-state index contributed by atoms with van der Waals surface area (Å²) in [7, 11) is 0. The fourth-order valence-electron chi connectivity index (χ4n) is 8.68. The third-order valence-corrected chi connectivity index (χ3v) is 11.2. The van der Waals surface area contributed by atoms with E-state index in [1.807, 2.05) is 66.7 Å². The molecule has 6 nitrogen and oxygen atoms in total. The van der Waals surface area contributed by atoms with Crippen LogP contribution in [0.1, 0.15) is 0 Å².